The van der Waals surface area contributed by atoms with Gasteiger partial charge in [-0.15, -0.1) is 0 Å². The first kappa shape index (κ1) is 24.1. The number of furan rings is 1. The van der Waals surface area contributed by atoms with E-state index in [4.69, 9.17) is 14.9 Å². The van der Waals surface area contributed by atoms with Crippen molar-refractivity contribution in [3.8, 4) is 0 Å². The van der Waals surface area contributed by atoms with Gasteiger partial charge in [0, 0.05) is 25.3 Å². The standard InChI is InChI=1S/C29H33N3O4/c30-28(34)29(23-9-4-5-10-23,24-12-14-25(15-13-24)31-16-19-35-20-17-31)32(21-22-7-2-1-3-8-22)27(33)26-11-6-18-36-26/h1-3,6-8,11-15,18,23H,4-5,9-10,16-17,19-21H2,(H2,30,34). The minimum Gasteiger partial charge on any atom is -0.459 e. The molecular weight excluding hydrogens is 454 g/mol. The Hall–Kier alpha value is -3.58. The van der Waals surface area contributed by atoms with E-state index >= 15 is 0 Å². The average Bonchev–Trinajstić information content (AvgIpc) is 3.65. The van der Waals surface area contributed by atoms with Crippen LogP contribution in [0.2, 0.25) is 0 Å². The number of anilines is 1. The maximum absolute atomic E-state index is 14.0. The van der Waals surface area contributed by atoms with Crippen molar-refractivity contribution >= 4 is 17.5 Å². The highest BCUT2D eigenvalue weighted by molar-refractivity contribution is 5.98. The summed E-state index contributed by atoms with van der Waals surface area (Å²) < 4.78 is 11.0. The molecule has 7 nitrogen and oxygen atoms in total. The lowest BCUT2D eigenvalue weighted by molar-refractivity contribution is -0.134. The molecule has 5 rings (SSSR count). The molecule has 1 saturated carbocycles. The summed E-state index contributed by atoms with van der Waals surface area (Å²) in [5.41, 5.74) is 7.75. The van der Waals surface area contributed by atoms with Crippen molar-refractivity contribution in [3.63, 3.8) is 0 Å². The van der Waals surface area contributed by atoms with Crippen LogP contribution < -0.4 is 10.6 Å². The molecule has 1 aliphatic carbocycles. The Morgan fingerprint density at radius 1 is 0.944 bits per heavy atom. The van der Waals surface area contributed by atoms with E-state index in [1.165, 1.54) is 6.26 Å². The van der Waals surface area contributed by atoms with Crippen LogP contribution in [0, 0.1) is 5.92 Å². The smallest absolute Gasteiger partial charge is 0.291 e. The van der Waals surface area contributed by atoms with E-state index < -0.39 is 11.4 Å². The number of hydrogen-bond acceptors (Lipinski definition) is 5. The molecule has 2 aromatic carbocycles. The molecule has 0 bridgehead atoms. The number of benzene rings is 2. The Bertz CT molecular complexity index is 1150. The van der Waals surface area contributed by atoms with Gasteiger partial charge in [0.05, 0.1) is 19.5 Å². The molecule has 1 aromatic heterocycles. The van der Waals surface area contributed by atoms with Crippen molar-refractivity contribution in [1.29, 1.82) is 0 Å². The number of nitrogens with zero attached hydrogens (tertiary/aromatic N) is 2. The van der Waals surface area contributed by atoms with Gasteiger partial charge in [-0.3, -0.25) is 9.59 Å². The number of carbonyl (C=O) groups excluding carboxylic acids is 2. The van der Waals surface area contributed by atoms with Crippen molar-refractivity contribution < 1.29 is 18.7 Å². The fourth-order valence-corrected chi connectivity index (χ4v) is 5.84. The molecule has 2 fully saturated rings. The summed E-state index contributed by atoms with van der Waals surface area (Å²) in [6.45, 7) is 3.26. The van der Waals surface area contributed by atoms with E-state index in [2.05, 4.69) is 4.90 Å². The van der Waals surface area contributed by atoms with E-state index in [-0.39, 0.29) is 24.1 Å². The van der Waals surface area contributed by atoms with Gasteiger partial charge in [0.1, 0.15) is 5.54 Å². The summed E-state index contributed by atoms with van der Waals surface area (Å²) in [6.07, 6.45) is 5.13. The second-order valence-corrected chi connectivity index (χ2v) is 9.61. The molecule has 0 spiro atoms. The van der Waals surface area contributed by atoms with Gasteiger partial charge >= 0.3 is 0 Å². The van der Waals surface area contributed by atoms with Gasteiger partial charge in [0.15, 0.2) is 5.76 Å². The van der Waals surface area contributed by atoms with Crippen LogP contribution in [0.4, 0.5) is 5.69 Å². The molecule has 188 valence electrons. The van der Waals surface area contributed by atoms with E-state index in [0.717, 1.165) is 55.6 Å². The molecule has 2 heterocycles. The summed E-state index contributed by atoms with van der Waals surface area (Å²) in [7, 11) is 0. The third kappa shape index (κ3) is 4.51. The van der Waals surface area contributed by atoms with Gasteiger partial charge < -0.3 is 24.7 Å². The van der Waals surface area contributed by atoms with Crippen LogP contribution in [0.1, 0.15) is 47.4 Å². The molecule has 2 amide bonds. The predicted octanol–water partition coefficient (Wildman–Crippen LogP) is 4.33. The van der Waals surface area contributed by atoms with Gasteiger partial charge in [-0.1, -0.05) is 55.3 Å². The summed E-state index contributed by atoms with van der Waals surface area (Å²) >= 11 is 0. The second-order valence-electron chi connectivity index (χ2n) is 9.61. The van der Waals surface area contributed by atoms with Crippen molar-refractivity contribution in [3.05, 3.63) is 89.9 Å². The van der Waals surface area contributed by atoms with Crippen LogP contribution in [0.3, 0.4) is 0 Å². The van der Waals surface area contributed by atoms with Gasteiger partial charge in [-0.25, -0.2) is 0 Å². The fourth-order valence-electron chi connectivity index (χ4n) is 5.84. The molecule has 1 unspecified atom stereocenters. The predicted molar refractivity (Wildman–Crippen MR) is 137 cm³/mol. The fraction of sp³-hybridized carbons (Fsp3) is 0.379. The molecule has 7 heteroatoms. The summed E-state index contributed by atoms with van der Waals surface area (Å²) in [5.74, 6) is -0.748. The zero-order valence-corrected chi connectivity index (χ0v) is 20.5. The molecule has 2 N–H and O–H groups in total. The molecule has 2 aliphatic rings. The van der Waals surface area contributed by atoms with Crippen LogP contribution in [-0.4, -0.2) is 43.0 Å². The quantitative estimate of drug-likeness (QED) is 0.511. The number of rotatable bonds is 8. The van der Waals surface area contributed by atoms with Gasteiger partial charge in [-0.2, -0.15) is 0 Å². The van der Waals surface area contributed by atoms with E-state index in [0.29, 0.717) is 13.2 Å². The molecule has 1 aliphatic heterocycles. The highest BCUT2D eigenvalue weighted by Crippen LogP contribution is 2.46. The number of morpholine rings is 1. The summed E-state index contributed by atoms with van der Waals surface area (Å²) in [6, 6.07) is 21.1. The number of ether oxygens (including phenoxy) is 1. The Morgan fingerprint density at radius 3 is 2.25 bits per heavy atom. The van der Waals surface area contributed by atoms with Crippen LogP contribution in [-0.2, 0) is 21.6 Å². The lowest BCUT2D eigenvalue weighted by Crippen LogP contribution is -2.60. The number of carbonyl (C=O) groups is 2. The average molecular weight is 488 g/mol. The van der Waals surface area contributed by atoms with Crippen molar-refractivity contribution in [2.24, 2.45) is 11.7 Å². The van der Waals surface area contributed by atoms with E-state index in [9.17, 15) is 9.59 Å². The van der Waals surface area contributed by atoms with Gasteiger partial charge in [0.25, 0.3) is 5.91 Å². The van der Waals surface area contributed by atoms with Crippen LogP contribution >= 0.6 is 0 Å². The molecule has 0 radical (unpaired) electrons. The van der Waals surface area contributed by atoms with Crippen LogP contribution in [0.25, 0.3) is 0 Å². The molecule has 3 aromatic rings. The zero-order chi connectivity index (χ0) is 25.0. The Morgan fingerprint density at radius 2 is 1.64 bits per heavy atom. The van der Waals surface area contributed by atoms with Crippen molar-refractivity contribution in [1.82, 2.24) is 4.90 Å². The highest BCUT2D eigenvalue weighted by atomic mass is 16.5. The number of nitrogens with two attached hydrogens (primary N) is 1. The van der Waals surface area contributed by atoms with Gasteiger partial charge in [-0.05, 0) is 54.2 Å². The Labute approximate surface area is 211 Å². The topological polar surface area (TPSA) is 89.0 Å². The summed E-state index contributed by atoms with van der Waals surface area (Å²) in [5, 5.41) is 0. The van der Waals surface area contributed by atoms with Crippen LogP contribution in [0.5, 0.6) is 0 Å². The SMILES string of the molecule is NC(=O)C(c1ccc(N2CCOCC2)cc1)(C1CCCC1)N(Cc1ccccc1)C(=O)c1ccco1. The Kier molecular flexibility index (Phi) is 7.09. The number of hydrogen-bond donors (Lipinski definition) is 1. The number of primary amides is 1. The van der Waals surface area contributed by atoms with Crippen LogP contribution in [0.15, 0.2) is 77.4 Å². The monoisotopic (exact) mass is 487 g/mol. The maximum atomic E-state index is 14.0. The minimum absolute atomic E-state index is 0.0909. The van der Waals surface area contributed by atoms with E-state index in [1.807, 2.05) is 54.6 Å². The normalized spacial score (nSPS) is 18.1. The minimum atomic E-state index is -1.31. The molecule has 36 heavy (non-hydrogen) atoms. The zero-order valence-electron chi connectivity index (χ0n) is 20.5. The largest absolute Gasteiger partial charge is 0.459 e. The van der Waals surface area contributed by atoms with E-state index in [1.54, 1.807) is 17.0 Å². The lowest BCUT2D eigenvalue weighted by Gasteiger charge is -2.46. The Balaban J connectivity index is 1.63. The highest BCUT2D eigenvalue weighted by Gasteiger charge is 2.53. The number of amides is 2. The second kappa shape index (κ2) is 10.6. The van der Waals surface area contributed by atoms with Crippen molar-refractivity contribution in [2.45, 2.75) is 37.8 Å². The first-order valence-corrected chi connectivity index (χ1v) is 12.7. The third-order valence-corrected chi connectivity index (χ3v) is 7.59. The molecule has 1 saturated heterocycles. The molecule has 1 atom stereocenters. The van der Waals surface area contributed by atoms with Gasteiger partial charge in [0.2, 0.25) is 5.91 Å². The lowest BCUT2D eigenvalue weighted by atomic mass is 9.74. The van der Waals surface area contributed by atoms with Crippen molar-refractivity contribution in [2.75, 3.05) is 31.2 Å². The first-order valence-electron chi connectivity index (χ1n) is 12.7. The maximum Gasteiger partial charge on any atom is 0.291 e. The molecular formula is C29H33N3O4. The third-order valence-electron chi connectivity index (χ3n) is 7.59. The first-order chi connectivity index (χ1) is 17.6. The summed E-state index contributed by atoms with van der Waals surface area (Å²) in [4.78, 5) is 31.6.